The van der Waals surface area contributed by atoms with E-state index in [0.717, 1.165) is 0 Å². The van der Waals surface area contributed by atoms with Crippen molar-refractivity contribution in [3.63, 3.8) is 0 Å². The maximum absolute atomic E-state index is 11.8. The molecule has 0 bridgehead atoms. The Kier molecular flexibility index (Phi) is 6.33. The highest BCUT2D eigenvalue weighted by Gasteiger charge is 2.11. The third kappa shape index (κ3) is 4.80. The summed E-state index contributed by atoms with van der Waals surface area (Å²) in [5.41, 5.74) is 3.03. The van der Waals surface area contributed by atoms with Crippen molar-refractivity contribution in [1.82, 2.24) is 5.43 Å². The van der Waals surface area contributed by atoms with Crippen molar-refractivity contribution in [3.05, 3.63) is 44.6 Å². The van der Waals surface area contributed by atoms with E-state index in [1.165, 1.54) is 24.7 Å². The van der Waals surface area contributed by atoms with Gasteiger partial charge in [-0.3, -0.25) is 4.79 Å². The summed E-state index contributed by atoms with van der Waals surface area (Å²) in [6.07, 6.45) is 1.43. The minimum absolute atomic E-state index is 0.237. The number of nitrogens with one attached hydrogen (secondary N) is 1. The number of carbonyl (C=O) groups is 2. The van der Waals surface area contributed by atoms with Gasteiger partial charge in [0.05, 0.1) is 28.6 Å². The molecule has 2 rings (SSSR count). The fraction of sp³-hybridized carbons (Fsp3) is 0.133. The number of benzene rings is 1. The molecule has 1 heterocycles. The van der Waals surface area contributed by atoms with E-state index in [-0.39, 0.29) is 11.7 Å². The van der Waals surface area contributed by atoms with Crippen LogP contribution in [0.5, 0.6) is 11.5 Å². The number of carbonyl (C=O) groups excluding carboxylic acids is 2. The predicted molar refractivity (Wildman–Crippen MR) is 90.6 cm³/mol. The minimum Gasteiger partial charge on any atom is -0.546 e. The van der Waals surface area contributed by atoms with E-state index < -0.39 is 12.6 Å². The average Bonchev–Trinajstić information content (AvgIpc) is 3.07. The zero-order valence-corrected chi connectivity index (χ0v) is 14.8. The Morgan fingerprint density at radius 3 is 2.88 bits per heavy atom. The summed E-state index contributed by atoms with van der Waals surface area (Å²) in [7, 11) is 1.42. The number of hydrazone groups is 1. The zero-order valence-electron chi connectivity index (χ0n) is 12.4. The van der Waals surface area contributed by atoms with Gasteiger partial charge < -0.3 is 19.4 Å². The monoisotopic (exact) mass is 411 g/mol. The lowest BCUT2D eigenvalue weighted by Crippen LogP contribution is -2.29. The van der Waals surface area contributed by atoms with E-state index in [4.69, 9.17) is 9.47 Å². The first-order chi connectivity index (χ1) is 11.5. The van der Waals surface area contributed by atoms with Crippen molar-refractivity contribution in [1.29, 1.82) is 0 Å². The van der Waals surface area contributed by atoms with Crippen molar-refractivity contribution in [2.24, 2.45) is 5.10 Å². The second kappa shape index (κ2) is 8.46. The topological polar surface area (TPSA) is 100 Å². The number of thiophene rings is 1. The van der Waals surface area contributed by atoms with Gasteiger partial charge in [0.2, 0.25) is 0 Å². The maximum Gasteiger partial charge on any atom is 0.281 e. The van der Waals surface area contributed by atoms with Crippen LogP contribution in [0.15, 0.2) is 39.2 Å². The van der Waals surface area contributed by atoms with Crippen molar-refractivity contribution in [2.45, 2.75) is 0 Å². The van der Waals surface area contributed by atoms with Crippen molar-refractivity contribution >= 4 is 45.4 Å². The molecule has 0 saturated carbocycles. The van der Waals surface area contributed by atoms with Crippen LogP contribution in [-0.4, -0.2) is 31.8 Å². The van der Waals surface area contributed by atoms with E-state index in [1.807, 2.05) is 0 Å². The number of hydrogen-bond acceptors (Lipinski definition) is 7. The highest BCUT2D eigenvalue weighted by atomic mass is 79.9. The Bertz CT molecular complexity index is 761. The number of carboxylic acids is 1. The molecule has 0 fully saturated rings. The maximum atomic E-state index is 11.8. The van der Waals surface area contributed by atoms with Gasteiger partial charge in [0.15, 0.2) is 11.5 Å². The molecule has 0 spiro atoms. The molecule has 0 aliphatic heterocycles. The SMILES string of the molecule is COc1cc(/C=N\NC(=O)c2cccs2)cc(Br)c1OCC(=O)[O-]. The lowest BCUT2D eigenvalue weighted by molar-refractivity contribution is -0.307. The van der Waals surface area contributed by atoms with Crippen LogP contribution >= 0.6 is 27.3 Å². The molecule has 1 aromatic carbocycles. The quantitative estimate of drug-likeness (QED) is 0.548. The highest BCUT2D eigenvalue weighted by Crippen LogP contribution is 2.36. The molecule has 1 aromatic heterocycles. The lowest BCUT2D eigenvalue weighted by Gasteiger charge is -2.13. The fourth-order valence-electron chi connectivity index (χ4n) is 1.71. The van der Waals surface area contributed by atoms with Crippen LogP contribution in [0.1, 0.15) is 15.2 Å². The number of ether oxygens (including phenoxy) is 2. The molecule has 1 N–H and O–H groups in total. The van der Waals surface area contributed by atoms with E-state index in [2.05, 4.69) is 26.5 Å². The first kappa shape index (κ1) is 18.0. The molecule has 9 heteroatoms. The van der Waals surface area contributed by atoms with Crippen LogP contribution in [0.25, 0.3) is 0 Å². The standard InChI is InChI=1S/C15H13BrN2O5S/c1-22-11-6-9(5-10(16)14(11)23-8-13(19)20)7-17-18-15(21)12-3-2-4-24-12/h2-7H,8H2,1H3,(H,18,21)(H,19,20)/p-1/b17-7-. The highest BCUT2D eigenvalue weighted by molar-refractivity contribution is 9.10. The van der Waals surface area contributed by atoms with Crippen LogP contribution in [0.2, 0.25) is 0 Å². The molecule has 126 valence electrons. The largest absolute Gasteiger partial charge is 0.546 e. The molecular weight excluding hydrogens is 400 g/mol. The van der Waals surface area contributed by atoms with Crippen molar-refractivity contribution in [3.8, 4) is 11.5 Å². The number of amides is 1. The van der Waals surface area contributed by atoms with Crippen LogP contribution in [-0.2, 0) is 4.79 Å². The fourth-order valence-corrected chi connectivity index (χ4v) is 2.90. The van der Waals surface area contributed by atoms with E-state index in [0.29, 0.717) is 20.7 Å². The van der Waals surface area contributed by atoms with E-state index >= 15 is 0 Å². The first-order valence-electron chi connectivity index (χ1n) is 6.58. The van der Waals surface area contributed by atoms with E-state index in [9.17, 15) is 14.7 Å². The van der Waals surface area contributed by atoms with Crippen molar-refractivity contribution < 1.29 is 24.2 Å². The van der Waals surface area contributed by atoms with Gasteiger partial charge in [0.1, 0.15) is 6.61 Å². The number of aliphatic carboxylic acids is 1. The molecule has 7 nitrogen and oxygen atoms in total. The van der Waals surface area contributed by atoms with Gasteiger partial charge in [-0.05, 0) is 45.1 Å². The van der Waals surface area contributed by atoms with Gasteiger partial charge in [0, 0.05) is 0 Å². The van der Waals surface area contributed by atoms with Crippen LogP contribution < -0.4 is 20.0 Å². The van der Waals surface area contributed by atoms with Crippen LogP contribution in [0, 0.1) is 0 Å². The molecule has 1 amide bonds. The Labute approximate surface area is 150 Å². The molecule has 0 aliphatic rings. The normalized spacial score (nSPS) is 10.6. The predicted octanol–water partition coefficient (Wildman–Crippen LogP) is 1.41. The molecule has 2 aromatic rings. The van der Waals surface area contributed by atoms with Crippen LogP contribution in [0.3, 0.4) is 0 Å². The number of hydrogen-bond donors (Lipinski definition) is 1. The summed E-state index contributed by atoms with van der Waals surface area (Å²) >= 11 is 4.59. The Morgan fingerprint density at radius 2 is 2.25 bits per heavy atom. The number of methoxy groups -OCH3 is 1. The number of carboxylic acid groups (broad SMARTS) is 1. The molecule has 0 radical (unpaired) electrons. The van der Waals surface area contributed by atoms with Gasteiger partial charge in [-0.2, -0.15) is 5.10 Å². The molecule has 0 saturated heterocycles. The summed E-state index contributed by atoms with van der Waals surface area (Å²) in [4.78, 5) is 22.8. The minimum atomic E-state index is -1.34. The van der Waals surface area contributed by atoms with Gasteiger partial charge in [-0.25, -0.2) is 5.43 Å². The number of halogens is 1. The van der Waals surface area contributed by atoms with E-state index in [1.54, 1.807) is 29.6 Å². The van der Waals surface area contributed by atoms with Gasteiger partial charge in [-0.1, -0.05) is 6.07 Å². The number of nitrogens with zero attached hydrogens (tertiary/aromatic N) is 1. The van der Waals surface area contributed by atoms with Gasteiger partial charge in [0.25, 0.3) is 5.91 Å². The smallest absolute Gasteiger partial charge is 0.281 e. The molecule has 0 atom stereocenters. The third-order valence-electron chi connectivity index (χ3n) is 2.71. The Morgan fingerprint density at radius 1 is 1.46 bits per heavy atom. The van der Waals surface area contributed by atoms with Crippen molar-refractivity contribution in [2.75, 3.05) is 13.7 Å². The zero-order chi connectivity index (χ0) is 17.5. The summed E-state index contributed by atoms with van der Waals surface area (Å²) < 4.78 is 10.8. The first-order valence-corrected chi connectivity index (χ1v) is 8.25. The summed E-state index contributed by atoms with van der Waals surface area (Å²) in [6.45, 7) is -0.598. The average molecular weight is 412 g/mol. The second-order valence-corrected chi connectivity index (χ2v) is 6.17. The number of rotatable bonds is 7. The molecular formula is C15H12BrN2O5S-. The van der Waals surface area contributed by atoms with Crippen LogP contribution in [0.4, 0.5) is 0 Å². The molecule has 24 heavy (non-hydrogen) atoms. The van der Waals surface area contributed by atoms with Gasteiger partial charge >= 0.3 is 0 Å². The second-order valence-electron chi connectivity index (χ2n) is 4.37. The lowest BCUT2D eigenvalue weighted by atomic mass is 10.2. The Hall–Kier alpha value is -2.39. The Balaban J connectivity index is 2.10. The summed E-state index contributed by atoms with van der Waals surface area (Å²) in [6, 6.07) is 6.71. The molecule has 0 aliphatic carbocycles. The summed E-state index contributed by atoms with van der Waals surface area (Å²) in [5.74, 6) is -1.09. The summed E-state index contributed by atoms with van der Waals surface area (Å²) in [5, 5.41) is 16.2. The van der Waals surface area contributed by atoms with Gasteiger partial charge in [-0.15, -0.1) is 11.3 Å². The molecule has 0 unspecified atom stereocenters. The third-order valence-corrected chi connectivity index (χ3v) is 4.17.